The monoisotopic (exact) mass is 338 g/mol. The number of aromatic nitrogens is 1. The van der Waals surface area contributed by atoms with Gasteiger partial charge in [0.05, 0.1) is 22.5 Å². The number of benzene rings is 1. The van der Waals surface area contributed by atoms with Crippen LogP contribution in [0.1, 0.15) is 41.4 Å². The predicted molar refractivity (Wildman–Crippen MR) is 92.5 cm³/mol. The normalized spacial score (nSPS) is 17.7. The second-order valence-electron chi connectivity index (χ2n) is 5.14. The van der Waals surface area contributed by atoms with Crippen LogP contribution in [0.25, 0.3) is 0 Å². The van der Waals surface area contributed by atoms with Crippen molar-refractivity contribution in [3.8, 4) is 0 Å². The van der Waals surface area contributed by atoms with Crippen LogP contribution in [0.3, 0.4) is 0 Å². The zero-order valence-electron chi connectivity index (χ0n) is 12.1. The number of nitrogens with one attached hydrogen (secondary N) is 1. The Labute approximate surface area is 139 Å². The van der Waals surface area contributed by atoms with Gasteiger partial charge >= 0.3 is 0 Å². The Hall–Kier alpha value is -0.550. The smallest absolute Gasteiger partial charge is 0.103 e. The third kappa shape index (κ3) is 3.62. The molecule has 1 unspecified atom stereocenters. The maximum Gasteiger partial charge on any atom is 0.103 e. The largest absolute Gasteiger partial charge is 0.309 e. The summed E-state index contributed by atoms with van der Waals surface area (Å²) in [7, 11) is 0. The van der Waals surface area contributed by atoms with Gasteiger partial charge in [0.1, 0.15) is 5.01 Å². The van der Waals surface area contributed by atoms with Crippen molar-refractivity contribution in [3.63, 3.8) is 0 Å². The first kappa shape index (κ1) is 15.3. The lowest BCUT2D eigenvalue weighted by Crippen LogP contribution is -2.24. The van der Waals surface area contributed by atoms with Crippen LogP contribution in [-0.4, -0.2) is 11.5 Å². The lowest BCUT2D eigenvalue weighted by molar-refractivity contribution is 0.465. The van der Waals surface area contributed by atoms with Crippen molar-refractivity contribution in [2.45, 2.75) is 42.9 Å². The first-order chi connectivity index (χ1) is 10.3. The van der Waals surface area contributed by atoms with Crippen LogP contribution in [0.5, 0.6) is 0 Å². The van der Waals surface area contributed by atoms with Crippen molar-refractivity contribution >= 4 is 34.7 Å². The van der Waals surface area contributed by atoms with Crippen LogP contribution in [0.4, 0.5) is 0 Å². The van der Waals surface area contributed by atoms with E-state index in [2.05, 4.69) is 18.3 Å². The zero-order chi connectivity index (χ0) is 14.7. The minimum Gasteiger partial charge on any atom is -0.309 e. The molecule has 0 saturated heterocycles. The molecule has 1 aliphatic carbocycles. The third-order valence-corrected chi connectivity index (χ3v) is 6.48. The highest BCUT2D eigenvalue weighted by atomic mass is 35.5. The third-order valence-electron chi connectivity index (χ3n) is 3.64. The lowest BCUT2D eigenvalue weighted by atomic mass is 9.98. The average molecular weight is 339 g/mol. The fourth-order valence-corrected chi connectivity index (χ4v) is 5.08. The Morgan fingerprint density at radius 3 is 3.10 bits per heavy atom. The minimum absolute atomic E-state index is 0.453. The Morgan fingerprint density at radius 1 is 1.43 bits per heavy atom. The van der Waals surface area contributed by atoms with Gasteiger partial charge in [-0.25, -0.2) is 4.98 Å². The fourth-order valence-electron chi connectivity index (χ4n) is 2.68. The molecule has 5 heteroatoms. The van der Waals surface area contributed by atoms with E-state index in [4.69, 9.17) is 16.6 Å². The van der Waals surface area contributed by atoms with E-state index in [1.807, 2.05) is 29.5 Å². The second kappa shape index (κ2) is 7.14. The van der Waals surface area contributed by atoms with Gasteiger partial charge in [-0.1, -0.05) is 30.7 Å². The van der Waals surface area contributed by atoms with Crippen molar-refractivity contribution in [2.75, 3.05) is 6.54 Å². The average Bonchev–Trinajstić information content (AvgIpc) is 2.91. The van der Waals surface area contributed by atoms with Gasteiger partial charge in [0.2, 0.25) is 0 Å². The highest BCUT2D eigenvalue weighted by Gasteiger charge is 2.23. The Kier molecular flexibility index (Phi) is 5.22. The first-order valence-electron chi connectivity index (χ1n) is 7.37. The quantitative estimate of drug-likeness (QED) is 0.770. The number of aryl methyl sites for hydroxylation is 1. The van der Waals surface area contributed by atoms with Gasteiger partial charge in [-0.15, -0.1) is 23.1 Å². The zero-order valence-corrected chi connectivity index (χ0v) is 14.5. The van der Waals surface area contributed by atoms with Crippen LogP contribution in [0.2, 0.25) is 5.02 Å². The van der Waals surface area contributed by atoms with Crippen molar-refractivity contribution < 1.29 is 0 Å². The molecule has 1 aromatic carbocycles. The number of fused-ring (bicyclic) bond motifs is 1. The molecule has 1 aliphatic rings. The highest BCUT2D eigenvalue weighted by molar-refractivity contribution is 7.98. The fraction of sp³-hybridized carbons (Fsp3) is 0.438. The van der Waals surface area contributed by atoms with Crippen LogP contribution in [0.15, 0.2) is 29.2 Å². The van der Waals surface area contributed by atoms with E-state index in [0.29, 0.717) is 6.04 Å². The summed E-state index contributed by atoms with van der Waals surface area (Å²) < 4.78 is 0. The molecule has 0 amide bonds. The van der Waals surface area contributed by atoms with Gasteiger partial charge in [0, 0.05) is 9.77 Å². The van der Waals surface area contributed by atoms with Crippen molar-refractivity contribution in [1.29, 1.82) is 0 Å². The molecule has 21 heavy (non-hydrogen) atoms. The summed E-state index contributed by atoms with van der Waals surface area (Å²) in [5, 5.41) is 5.60. The topological polar surface area (TPSA) is 24.9 Å². The molecule has 0 aliphatic heterocycles. The SMILES string of the molecule is CCNC1CCCc2sc(CSc3ccccc3Cl)nc21. The molecule has 0 bridgehead atoms. The van der Waals surface area contributed by atoms with E-state index in [0.717, 1.165) is 22.2 Å². The Morgan fingerprint density at radius 2 is 2.29 bits per heavy atom. The summed E-state index contributed by atoms with van der Waals surface area (Å²) in [6.45, 7) is 3.17. The number of thiazole rings is 1. The van der Waals surface area contributed by atoms with E-state index in [9.17, 15) is 0 Å². The summed E-state index contributed by atoms with van der Waals surface area (Å²) in [5.74, 6) is 0.903. The number of thioether (sulfide) groups is 1. The predicted octanol–water partition coefficient (Wildman–Crippen LogP) is 5.08. The number of nitrogens with zero attached hydrogens (tertiary/aromatic N) is 1. The van der Waals surface area contributed by atoms with E-state index in [1.165, 1.54) is 34.8 Å². The van der Waals surface area contributed by atoms with Gasteiger partial charge in [-0.3, -0.25) is 0 Å². The van der Waals surface area contributed by atoms with E-state index < -0.39 is 0 Å². The van der Waals surface area contributed by atoms with E-state index in [1.54, 1.807) is 11.8 Å². The lowest BCUT2D eigenvalue weighted by Gasteiger charge is -2.21. The van der Waals surface area contributed by atoms with Gasteiger partial charge in [0.15, 0.2) is 0 Å². The van der Waals surface area contributed by atoms with E-state index >= 15 is 0 Å². The first-order valence-corrected chi connectivity index (χ1v) is 9.55. The van der Waals surface area contributed by atoms with Crippen molar-refractivity contribution in [1.82, 2.24) is 10.3 Å². The Bertz CT molecular complexity index is 612. The molecule has 1 atom stereocenters. The molecule has 0 fully saturated rings. The van der Waals surface area contributed by atoms with Crippen LogP contribution >= 0.6 is 34.7 Å². The molecule has 0 saturated carbocycles. The number of hydrogen-bond acceptors (Lipinski definition) is 4. The second-order valence-corrected chi connectivity index (χ2v) is 7.73. The molecule has 0 spiro atoms. The van der Waals surface area contributed by atoms with Gasteiger partial charge < -0.3 is 5.32 Å². The summed E-state index contributed by atoms with van der Waals surface area (Å²) in [6, 6.07) is 8.46. The summed E-state index contributed by atoms with van der Waals surface area (Å²) in [5.41, 5.74) is 1.29. The van der Waals surface area contributed by atoms with Crippen molar-refractivity contribution in [3.05, 3.63) is 44.9 Å². The summed E-state index contributed by atoms with van der Waals surface area (Å²) in [4.78, 5) is 7.50. The van der Waals surface area contributed by atoms with Crippen LogP contribution in [-0.2, 0) is 12.2 Å². The standard InChI is InChI=1S/C16H19ClN2S2/c1-2-18-12-7-5-9-14-16(12)19-15(21-14)10-20-13-8-4-3-6-11(13)17/h3-4,6,8,12,18H,2,5,7,9-10H2,1H3. The van der Waals surface area contributed by atoms with E-state index in [-0.39, 0.29) is 0 Å². The van der Waals surface area contributed by atoms with Crippen LogP contribution < -0.4 is 5.32 Å². The molecule has 112 valence electrons. The minimum atomic E-state index is 0.453. The molecular weight excluding hydrogens is 320 g/mol. The van der Waals surface area contributed by atoms with Crippen molar-refractivity contribution in [2.24, 2.45) is 0 Å². The molecule has 3 rings (SSSR count). The number of hydrogen-bond donors (Lipinski definition) is 1. The maximum atomic E-state index is 6.21. The molecule has 2 nitrogen and oxygen atoms in total. The summed E-state index contributed by atoms with van der Waals surface area (Å²) in [6.07, 6.45) is 3.66. The molecular formula is C16H19ClN2S2. The van der Waals surface area contributed by atoms with Gasteiger partial charge in [-0.2, -0.15) is 0 Å². The molecule has 0 radical (unpaired) electrons. The van der Waals surface area contributed by atoms with Gasteiger partial charge in [0.25, 0.3) is 0 Å². The number of halogens is 1. The molecule has 1 heterocycles. The van der Waals surface area contributed by atoms with Gasteiger partial charge in [-0.05, 0) is 37.9 Å². The van der Waals surface area contributed by atoms with Crippen LogP contribution in [0, 0.1) is 0 Å². The molecule has 1 aromatic heterocycles. The number of rotatable bonds is 5. The Balaban J connectivity index is 1.71. The molecule has 1 N–H and O–H groups in total. The summed E-state index contributed by atoms with van der Waals surface area (Å²) >= 11 is 9.86. The molecule has 2 aromatic rings. The maximum absolute atomic E-state index is 6.21. The highest BCUT2D eigenvalue weighted by Crippen LogP contribution is 2.36.